The second kappa shape index (κ2) is 8.22. The van der Waals surface area contributed by atoms with Crippen molar-refractivity contribution in [2.75, 3.05) is 32.4 Å². The van der Waals surface area contributed by atoms with Gasteiger partial charge in [0.25, 0.3) is 0 Å². The van der Waals surface area contributed by atoms with Crippen molar-refractivity contribution < 1.29 is 17.9 Å². The van der Waals surface area contributed by atoms with Crippen molar-refractivity contribution in [1.82, 2.24) is 14.5 Å². The van der Waals surface area contributed by atoms with Gasteiger partial charge in [0.15, 0.2) is 0 Å². The zero-order valence-electron chi connectivity index (χ0n) is 15.2. The van der Waals surface area contributed by atoms with Crippen LogP contribution in [0.4, 0.5) is 4.79 Å². The van der Waals surface area contributed by atoms with Gasteiger partial charge in [0.05, 0.1) is 18.5 Å². The molecule has 25 heavy (non-hydrogen) atoms. The minimum Gasteiger partial charge on any atom is -0.375 e. The third-order valence-corrected chi connectivity index (χ3v) is 6.97. The highest BCUT2D eigenvalue weighted by molar-refractivity contribution is 7.88. The molecule has 0 aromatic carbocycles. The zero-order chi connectivity index (χ0) is 17.9. The van der Waals surface area contributed by atoms with E-state index in [-0.39, 0.29) is 18.2 Å². The summed E-state index contributed by atoms with van der Waals surface area (Å²) in [7, 11) is -3.08. The smallest absolute Gasteiger partial charge is 0.317 e. The third kappa shape index (κ3) is 5.31. The van der Waals surface area contributed by atoms with Gasteiger partial charge in [-0.1, -0.05) is 12.8 Å². The van der Waals surface area contributed by atoms with E-state index in [1.807, 2.05) is 4.90 Å². The molecule has 0 aromatic rings. The number of likely N-dealkylation sites (tertiary alicyclic amines) is 1. The van der Waals surface area contributed by atoms with Crippen LogP contribution in [0.2, 0.25) is 0 Å². The number of sulfonamides is 1. The molecule has 0 atom stereocenters. The van der Waals surface area contributed by atoms with Crippen molar-refractivity contribution in [3.05, 3.63) is 0 Å². The molecule has 8 heteroatoms. The number of nitrogens with one attached hydrogen (secondary N) is 1. The van der Waals surface area contributed by atoms with Gasteiger partial charge in [0.1, 0.15) is 0 Å². The predicted molar refractivity (Wildman–Crippen MR) is 95.9 cm³/mol. The third-order valence-electron chi connectivity index (χ3n) is 5.67. The molecule has 3 rings (SSSR count). The van der Waals surface area contributed by atoms with Crippen molar-refractivity contribution in [1.29, 1.82) is 0 Å². The van der Waals surface area contributed by atoms with E-state index < -0.39 is 10.0 Å². The van der Waals surface area contributed by atoms with Crippen LogP contribution in [0.3, 0.4) is 0 Å². The Morgan fingerprint density at radius 1 is 0.920 bits per heavy atom. The number of carbonyl (C=O) groups is 1. The maximum absolute atomic E-state index is 12.3. The lowest BCUT2D eigenvalue weighted by Crippen LogP contribution is -2.49. The summed E-state index contributed by atoms with van der Waals surface area (Å²) in [5.41, 5.74) is 0. The highest BCUT2D eigenvalue weighted by atomic mass is 32.2. The average Bonchev–Trinajstić information content (AvgIpc) is 3.08. The summed E-state index contributed by atoms with van der Waals surface area (Å²) in [6.45, 7) is 2.58. The van der Waals surface area contributed by atoms with Crippen molar-refractivity contribution in [2.45, 2.75) is 69.6 Å². The van der Waals surface area contributed by atoms with E-state index in [0.717, 1.165) is 51.6 Å². The van der Waals surface area contributed by atoms with E-state index in [4.69, 9.17) is 4.74 Å². The predicted octanol–water partition coefficient (Wildman–Crippen LogP) is 1.54. The van der Waals surface area contributed by atoms with Crippen LogP contribution >= 0.6 is 0 Å². The van der Waals surface area contributed by atoms with E-state index in [2.05, 4.69) is 5.32 Å². The fraction of sp³-hybridized carbons (Fsp3) is 0.941. The highest BCUT2D eigenvalue weighted by Crippen LogP contribution is 2.23. The SMILES string of the molecule is CS(=O)(=O)N1CCC(OC2CCN(C(=O)NC3CCCC3)CC2)CC1. The summed E-state index contributed by atoms with van der Waals surface area (Å²) in [6, 6.07) is 0.438. The van der Waals surface area contributed by atoms with Crippen LogP contribution in [0.25, 0.3) is 0 Å². The summed E-state index contributed by atoms with van der Waals surface area (Å²) in [5.74, 6) is 0. The Morgan fingerprint density at radius 2 is 1.44 bits per heavy atom. The van der Waals surface area contributed by atoms with Gasteiger partial charge in [-0.15, -0.1) is 0 Å². The fourth-order valence-corrected chi connectivity index (χ4v) is 4.98. The molecule has 1 N–H and O–H groups in total. The van der Waals surface area contributed by atoms with Gasteiger partial charge in [-0.25, -0.2) is 17.5 Å². The molecule has 0 unspecified atom stereocenters. The largest absolute Gasteiger partial charge is 0.375 e. The molecule has 0 radical (unpaired) electrons. The number of hydrogen-bond donors (Lipinski definition) is 1. The minimum atomic E-state index is -3.08. The number of rotatable bonds is 4. The lowest BCUT2D eigenvalue weighted by molar-refractivity contribution is -0.0546. The van der Waals surface area contributed by atoms with Crippen LogP contribution in [0, 0.1) is 0 Å². The molecule has 3 aliphatic rings. The number of urea groups is 1. The first-order valence-corrected chi connectivity index (χ1v) is 11.4. The molecule has 2 amide bonds. The summed E-state index contributed by atoms with van der Waals surface area (Å²) < 4.78 is 30.8. The summed E-state index contributed by atoms with van der Waals surface area (Å²) in [6.07, 6.45) is 9.50. The van der Waals surface area contributed by atoms with Crippen molar-refractivity contribution in [3.63, 3.8) is 0 Å². The normalized spacial score (nSPS) is 25.4. The van der Waals surface area contributed by atoms with E-state index in [9.17, 15) is 13.2 Å². The first-order chi connectivity index (χ1) is 11.9. The van der Waals surface area contributed by atoms with Gasteiger partial charge in [-0.05, 0) is 38.5 Å². The maximum atomic E-state index is 12.3. The fourth-order valence-electron chi connectivity index (χ4n) is 4.10. The Labute approximate surface area is 151 Å². The molecule has 144 valence electrons. The summed E-state index contributed by atoms with van der Waals surface area (Å²) >= 11 is 0. The quantitative estimate of drug-likeness (QED) is 0.811. The Morgan fingerprint density at radius 3 is 1.96 bits per heavy atom. The number of amides is 2. The number of carbonyl (C=O) groups excluding carboxylic acids is 1. The van der Waals surface area contributed by atoms with Gasteiger partial charge in [0, 0.05) is 32.2 Å². The molecule has 0 spiro atoms. The second-order valence-corrected chi connectivity index (χ2v) is 9.60. The maximum Gasteiger partial charge on any atom is 0.317 e. The molecule has 2 heterocycles. The average molecular weight is 374 g/mol. The van der Waals surface area contributed by atoms with Crippen LogP contribution in [0.15, 0.2) is 0 Å². The number of nitrogens with zero attached hydrogens (tertiary/aromatic N) is 2. The van der Waals surface area contributed by atoms with Crippen LogP contribution in [-0.2, 0) is 14.8 Å². The molecule has 0 bridgehead atoms. The molecule has 2 saturated heterocycles. The molecule has 0 aromatic heterocycles. The molecular weight excluding hydrogens is 342 g/mol. The second-order valence-electron chi connectivity index (χ2n) is 7.61. The van der Waals surface area contributed by atoms with Crippen molar-refractivity contribution in [2.24, 2.45) is 0 Å². The molecule has 1 aliphatic carbocycles. The van der Waals surface area contributed by atoms with Gasteiger partial charge >= 0.3 is 6.03 Å². The van der Waals surface area contributed by atoms with E-state index in [1.54, 1.807) is 0 Å². The first kappa shape index (κ1) is 18.9. The van der Waals surface area contributed by atoms with Gasteiger partial charge in [-0.3, -0.25) is 0 Å². The van der Waals surface area contributed by atoms with Gasteiger partial charge in [-0.2, -0.15) is 0 Å². The molecule has 1 saturated carbocycles. The van der Waals surface area contributed by atoms with Gasteiger partial charge < -0.3 is 15.0 Å². The Balaban J connectivity index is 1.36. The van der Waals surface area contributed by atoms with Crippen LogP contribution < -0.4 is 5.32 Å². The van der Waals surface area contributed by atoms with Crippen LogP contribution in [0.1, 0.15) is 51.4 Å². The molecule has 3 fully saturated rings. The number of ether oxygens (including phenoxy) is 1. The Hall–Kier alpha value is -0.860. The van der Waals surface area contributed by atoms with E-state index in [1.165, 1.54) is 23.4 Å². The van der Waals surface area contributed by atoms with E-state index in [0.29, 0.717) is 19.1 Å². The van der Waals surface area contributed by atoms with Gasteiger partial charge in [0.2, 0.25) is 10.0 Å². The number of hydrogen-bond acceptors (Lipinski definition) is 4. The summed E-state index contributed by atoms with van der Waals surface area (Å²) in [5, 5.41) is 3.15. The van der Waals surface area contributed by atoms with Crippen LogP contribution in [0.5, 0.6) is 0 Å². The molecule has 7 nitrogen and oxygen atoms in total. The lowest BCUT2D eigenvalue weighted by Gasteiger charge is -2.36. The van der Waals surface area contributed by atoms with E-state index >= 15 is 0 Å². The minimum absolute atomic E-state index is 0.0758. The monoisotopic (exact) mass is 373 g/mol. The topological polar surface area (TPSA) is 79.0 Å². The Bertz CT molecular complexity index is 546. The molecule has 2 aliphatic heterocycles. The Kier molecular flexibility index (Phi) is 6.22. The highest BCUT2D eigenvalue weighted by Gasteiger charge is 2.30. The first-order valence-electron chi connectivity index (χ1n) is 9.58. The van der Waals surface area contributed by atoms with Crippen molar-refractivity contribution >= 4 is 16.1 Å². The summed E-state index contributed by atoms with van der Waals surface area (Å²) in [4.78, 5) is 14.2. The molecular formula is C17H31N3O4S. The standard InChI is InChI=1S/C17H31N3O4S/c1-25(22,23)20-12-8-16(9-13-20)24-15-6-10-19(11-7-15)17(21)18-14-4-2-3-5-14/h14-16H,2-13H2,1H3,(H,18,21). The lowest BCUT2D eigenvalue weighted by atomic mass is 10.1. The number of piperidine rings is 2. The zero-order valence-corrected chi connectivity index (χ0v) is 16.0. The van der Waals surface area contributed by atoms with Crippen LogP contribution in [-0.4, -0.2) is 74.3 Å². The van der Waals surface area contributed by atoms with Crippen molar-refractivity contribution in [3.8, 4) is 0 Å².